The van der Waals surface area contributed by atoms with Gasteiger partial charge in [-0.05, 0) is 50.8 Å². The van der Waals surface area contributed by atoms with Crippen LogP contribution >= 0.6 is 0 Å². The maximum absolute atomic E-state index is 12.2. The highest BCUT2D eigenvalue weighted by atomic mass is 16.7. The fourth-order valence-electron chi connectivity index (χ4n) is 2.67. The van der Waals surface area contributed by atoms with E-state index in [0.717, 1.165) is 31.6 Å². The molecule has 1 heterocycles. The van der Waals surface area contributed by atoms with Crippen molar-refractivity contribution in [1.82, 2.24) is 10.2 Å². The summed E-state index contributed by atoms with van der Waals surface area (Å²) in [4.78, 5) is 30.1. The number of hydrogen-bond acceptors (Lipinski definition) is 6. The Morgan fingerprint density at radius 1 is 1.28 bits per heavy atom. The summed E-state index contributed by atoms with van der Waals surface area (Å²) in [6.07, 6.45) is 6.38. The number of likely N-dealkylation sites (tertiary alicyclic amines) is 1. The van der Waals surface area contributed by atoms with Crippen molar-refractivity contribution in [2.75, 3.05) is 26.2 Å². The summed E-state index contributed by atoms with van der Waals surface area (Å²) in [5.74, 6) is 0.430. The van der Waals surface area contributed by atoms with Crippen LogP contribution in [0.3, 0.4) is 0 Å². The van der Waals surface area contributed by atoms with E-state index < -0.39 is 6.09 Å². The zero-order valence-electron chi connectivity index (χ0n) is 17.0. The predicted molar refractivity (Wildman–Crippen MR) is 111 cm³/mol. The predicted octanol–water partition coefficient (Wildman–Crippen LogP) is 3.31. The second-order valence-electron chi connectivity index (χ2n) is 6.77. The highest BCUT2D eigenvalue weighted by Gasteiger charge is 2.13. The molecule has 0 unspecified atom stereocenters. The van der Waals surface area contributed by atoms with Crippen LogP contribution in [0.2, 0.25) is 0 Å². The van der Waals surface area contributed by atoms with Crippen LogP contribution in [0, 0.1) is 0 Å². The molecule has 1 fully saturated rings. The Hall–Kier alpha value is -3.03. The molecule has 0 spiro atoms. The first kappa shape index (κ1) is 22.3. The maximum atomic E-state index is 12.2. The van der Waals surface area contributed by atoms with Crippen molar-refractivity contribution in [1.29, 1.82) is 0 Å². The molecule has 0 saturated carbocycles. The van der Waals surface area contributed by atoms with Gasteiger partial charge in [-0.15, -0.1) is 0 Å². The Balaban J connectivity index is 1.76. The largest absolute Gasteiger partial charge is 0.507 e. The van der Waals surface area contributed by atoms with Crippen LogP contribution in [0.4, 0.5) is 4.79 Å². The van der Waals surface area contributed by atoms with Gasteiger partial charge in [-0.3, -0.25) is 9.63 Å². The molecule has 2 rings (SSSR count). The van der Waals surface area contributed by atoms with Crippen LogP contribution in [0.25, 0.3) is 6.08 Å². The molecule has 1 aliphatic heterocycles. The van der Waals surface area contributed by atoms with E-state index in [2.05, 4.69) is 15.3 Å². The van der Waals surface area contributed by atoms with Crippen molar-refractivity contribution >= 4 is 23.8 Å². The van der Waals surface area contributed by atoms with Crippen LogP contribution in [0.1, 0.15) is 45.1 Å². The van der Waals surface area contributed by atoms with Gasteiger partial charge >= 0.3 is 6.09 Å². The number of carbonyl (C=O) groups excluding carboxylic acids is 2. The van der Waals surface area contributed by atoms with Crippen molar-refractivity contribution in [2.24, 2.45) is 5.16 Å². The standard InChI is InChI=1S/C21H29N3O5/c1-3-16(2)23-29-21(27)22-11-14-28-18-9-7-17(19(25)15-18)8-10-20(26)24-12-5-4-6-13-24/h7-10,15,25H,3-6,11-14H2,1-2H3,(H,22,27)/b10-8+,23-16-. The number of rotatable bonds is 8. The minimum Gasteiger partial charge on any atom is -0.507 e. The molecular formula is C21H29N3O5. The Morgan fingerprint density at radius 3 is 2.72 bits per heavy atom. The van der Waals surface area contributed by atoms with Crippen LogP contribution in [0.15, 0.2) is 29.4 Å². The Morgan fingerprint density at radius 2 is 2.03 bits per heavy atom. The summed E-state index contributed by atoms with van der Waals surface area (Å²) in [6.45, 7) is 5.68. The normalized spacial score (nSPS) is 14.7. The Kier molecular flexibility index (Phi) is 9.01. The lowest BCUT2D eigenvalue weighted by molar-refractivity contribution is -0.126. The van der Waals surface area contributed by atoms with E-state index in [4.69, 9.17) is 4.74 Å². The molecule has 0 bridgehead atoms. The van der Waals surface area contributed by atoms with E-state index in [0.29, 0.717) is 17.7 Å². The smallest absolute Gasteiger partial charge is 0.433 e. The lowest BCUT2D eigenvalue weighted by Gasteiger charge is -2.25. The van der Waals surface area contributed by atoms with Gasteiger partial charge in [0.2, 0.25) is 5.91 Å². The van der Waals surface area contributed by atoms with Crippen molar-refractivity contribution < 1.29 is 24.3 Å². The highest BCUT2D eigenvalue weighted by molar-refractivity contribution is 5.92. The molecule has 1 aliphatic rings. The number of nitrogens with one attached hydrogen (secondary N) is 1. The number of amides is 2. The summed E-state index contributed by atoms with van der Waals surface area (Å²) >= 11 is 0. The first-order valence-corrected chi connectivity index (χ1v) is 9.90. The SMILES string of the molecule is CC/C(C)=N\OC(=O)NCCOc1ccc(/C=C/C(=O)N2CCCCC2)c(O)c1. The summed E-state index contributed by atoms with van der Waals surface area (Å²) < 4.78 is 5.49. The number of nitrogens with zero attached hydrogens (tertiary/aromatic N) is 2. The molecule has 2 amide bonds. The summed E-state index contributed by atoms with van der Waals surface area (Å²) in [7, 11) is 0. The van der Waals surface area contributed by atoms with Crippen molar-refractivity contribution in [2.45, 2.75) is 39.5 Å². The third-order valence-corrected chi connectivity index (χ3v) is 4.51. The molecule has 8 heteroatoms. The molecule has 1 aromatic carbocycles. The van der Waals surface area contributed by atoms with Crippen molar-refractivity contribution in [3.63, 3.8) is 0 Å². The molecular weight excluding hydrogens is 374 g/mol. The number of carbonyl (C=O) groups is 2. The molecule has 158 valence electrons. The van der Waals surface area contributed by atoms with E-state index in [1.165, 1.54) is 18.6 Å². The first-order valence-electron chi connectivity index (χ1n) is 9.90. The van der Waals surface area contributed by atoms with Gasteiger partial charge in [-0.1, -0.05) is 12.1 Å². The van der Waals surface area contributed by atoms with Gasteiger partial charge in [0.15, 0.2) is 0 Å². The zero-order chi connectivity index (χ0) is 21.1. The first-order chi connectivity index (χ1) is 14.0. The van der Waals surface area contributed by atoms with E-state index in [9.17, 15) is 14.7 Å². The van der Waals surface area contributed by atoms with Crippen LogP contribution in [-0.2, 0) is 9.63 Å². The monoisotopic (exact) mass is 403 g/mol. The number of piperidine rings is 1. The number of oxime groups is 1. The molecule has 8 nitrogen and oxygen atoms in total. The number of phenols is 1. The molecule has 0 aliphatic carbocycles. The van der Waals surface area contributed by atoms with Gasteiger partial charge in [0, 0.05) is 30.8 Å². The minimum absolute atomic E-state index is 0.0157. The lowest BCUT2D eigenvalue weighted by Crippen LogP contribution is -2.34. The summed E-state index contributed by atoms with van der Waals surface area (Å²) in [6, 6.07) is 4.84. The number of benzene rings is 1. The van der Waals surface area contributed by atoms with E-state index in [1.807, 2.05) is 11.8 Å². The topological polar surface area (TPSA) is 100 Å². The molecule has 2 N–H and O–H groups in total. The average Bonchev–Trinajstić information content (AvgIpc) is 2.74. The maximum Gasteiger partial charge on any atom is 0.433 e. The molecule has 1 aromatic rings. The van der Waals surface area contributed by atoms with Crippen molar-refractivity contribution in [3.8, 4) is 11.5 Å². The molecule has 0 atom stereocenters. The summed E-state index contributed by atoms with van der Waals surface area (Å²) in [5.41, 5.74) is 1.26. The highest BCUT2D eigenvalue weighted by Crippen LogP contribution is 2.24. The number of aromatic hydroxyl groups is 1. The van der Waals surface area contributed by atoms with Crippen LogP contribution in [-0.4, -0.2) is 54.0 Å². The van der Waals surface area contributed by atoms with Gasteiger partial charge < -0.3 is 20.1 Å². The zero-order valence-corrected chi connectivity index (χ0v) is 17.0. The van der Waals surface area contributed by atoms with E-state index in [1.54, 1.807) is 25.1 Å². The molecule has 29 heavy (non-hydrogen) atoms. The minimum atomic E-state index is -0.650. The third kappa shape index (κ3) is 7.85. The summed E-state index contributed by atoms with van der Waals surface area (Å²) in [5, 5.41) is 16.3. The van der Waals surface area contributed by atoms with Gasteiger partial charge in [-0.2, -0.15) is 0 Å². The molecule has 0 aromatic heterocycles. The average molecular weight is 403 g/mol. The third-order valence-electron chi connectivity index (χ3n) is 4.51. The van der Waals surface area contributed by atoms with Crippen LogP contribution in [0.5, 0.6) is 11.5 Å². The Labute approximate surface area is 171 Å². The van der Waals surface area contributed by atoms with Gasteiger partial charge in [0.05, 0.1) is 12.3 Å². The Bertz CT molecular complexity index is 755. The quantitative estimate of drug-likeness (QED) is 0.228. The van der Waals surface area contributed by atoms with Gasteiger partial charge in [-0.25, -0.2) is 4.79 Å². The fourth-order valence-corrected chi connectivity index (χ4v) is 2.67. The lowest BCUT2D eigenvalue weighted by atomic mass is 10.1. The fraction of sp³-hybridized carbons (Fsp3) is 0.476. The number of ether oxygens (including phenoxy) is 1. The molecule has 0 radical (unpaired) electrons. The van der Waals surface area contributed by atoms with Gasteiger partial charge in [0.1, 0.15) is 18.1 Å². The van der Waals surface area contributed by atoms with E-state index in [-0.39, 0.29) is 24.8 Å². The number of hydrogen-bond donors (Lipinski definition) is 2. The van der Waals surface area contributed by atoms with E-state index >= 15 is 0 Å². The second-order valence-corrected chi connectivity index (χ2v) is 6.77. The number of phenolic OH excluding ortho intramolecular Hbond substituents is 1. The second kappa shape index (κ2) is 11.7. The van der Waals surface area contributed by atoms with Gasteiger partial charge in [0.25, 0.3) is 0 Å². The van der Waals surface area contributed by atoms with Crippen LogP contribution < -0.4 is 10.1 Å². The molecule has 1 saturated heterocycles. The van der Waals surface area contributed by atoms with Crippen molar-refractivity contribution in [3.05, 3.63) is 29.8 Å².